The van der Waals surface area contributed by atoms with Crippen molar-refractivity contribution in [2.24, 2.45) is 0 Å². The maximum atomic E-state index is 14.7. The minimum absolute atomic E-state index is 0.153. The molecule has 0 unspecified atom stereocenters. The molecule has 2 fully saturated rings. The number of carbonyl (C=O) groups is 2. The summed E-state index contributed by atoms with van der Waals surface area (Å²) >= 11 is 0. The van der Waals surface area contributed by atoms with Crippen molar-refractivity contribution in [1.82, 2.24) is 10.2 Å². The molecule has 1 aromatic carbocycles. The highest BCUT2D eigenvalue weighted by molar-refractivity contribution is 5.95. The molecule has 1 aliphatic carbocycles. The third-order valence-electron chi connectivity index (χ3n) is 6.10. The zero-order valence-corrected chi connectivity index (χ0v) is 16.3. The van der Waals surface area contributed by atoms with E-state index in [2.05, 4.69) is 5.32 Å². The Morgan fingerprint density at radius 3 is 2.37 bits per heavy atom. The van der Waals surface area contributed by atoms with Gasteiger partial charge < -0.3 is 15.3 Å². The zero-order chi connectivity index (χ0) is 19.8. The highest BCUT2D eigenvalue weighted by Gasteiger charge is 2.39. The van der Waals surface area contributed by atoms with Crippen LogP contribution in [0.3, 0.4) is 0 Å². The van der Waals surface area contributed by atoms with E-state index in [1.165, 1.54) is 6.07 Å². The quantitative estimate of drug-likeness (QED) is 0.847. The van der Waals surface area contributed by atoms with Gasteiger partial charge >= 0.3 is 0 Å². The van der Waals surface area contributed by atoms with E-state index >= 15 is 0 Å². The molecule has 5 nitrogen and oxygen atoms in total. The van der Waals surface area contributed by atoms with Crippen molar-refractivity contribution in [3.63, 3.8) is 0 Å². The maximum Gasteiger partial charge on any atom is 0.254 e. The molecular weight excluding hydrogens is 347 g/mol. The molecule has 2 amide bonds. The summed E-state index contributed by atoms with van der Waals surface area (Å²) in [5.41, 5.74) is -0.711. The smallest absolute Gasteiger partial charge is 0.254 e. The first-order valence-electron chi connectivity index (χ1n) is 9.88. The van der Waals surface area contributed by atoms with Crippen molar-refractivity contribution in [3.05, 3.63) is 35.1 Å². The monoisotopic (exact) mass is 376 g/mol. The van der Waals surface area contributed by atoms with Crippen LogP contribution in [0.1, 0.15) is 81.3 Å². The van der Waals surface area contributed by atoms with Crippen LogP contribution in [0.2, 0.25) is 0 Å². The Hall–Kier alpha value is -1.95. The van der Waals surface area contributed by atoms with E-state index in [-0.39, 0.29) is 18.0 Å². The molecule has 148 valence electrons. The summed E-state index contributed by atoms with van der Waals surface area (Å²) in [5, 5.41) is 13.1. The summed E-state index contributed by atoms with van der Waals surface area (Å²) in [6, 6.07) is 4.14. The molecule has 1 saturated carbocycles. The first-order chi connectivity index (χ1) is 12.7. The fourth-order valence-corrected chi connectivity index (χ4v) is 4.35. The Labute approximate surface area is 159 Å². The number of rotatable bonds is 4. The van der Waals surface area contributed by atoms with Crippen molar-refractivity contribution in [2.45, 2.75) is 83.0 Å². The largest absolute Gasteiger partial charge is 0.380 e. The summed E-state index contributed by atoms with van der Waals surface area (Å²) in [6.45, 7) is 5.70. The Bertz CT molecular complexity index is 720. The number of likely N-dealkylation sites (tertiary alicyclic amines) is 1. The third-order valence-corrected chi connectivity index (χ3v) is 6.10. The van der Waals surface area contributed by atoms with Crippen molar-refractivity contribution < 1.29 is 19.1 Å². The molecule has 1 aliphatic heterocycles. The number of nitrogens with zero attached hydrogens (tertiary/aromatic N) is 1. The Kier molecular flexibility index (Phi) is 5.56. The van der Waals surface area contributed by atoms with Gasteiger partial charge in [0.2, 0.25) is 0 Å². The second-order valence-electron chi connectivity index (χ2n) is 8.16. The number of amides is 2. The van der Waals surface area contributed by atoms with Gasteiger partial charge in [0.15, 0.2) is 0 Å². The van der Waals surface area contributed by atoms with Crippen LogP contribution in [0.15, 0.2) is 18.2 Å². The van der Waals surface area contributed by atoms with Crippen LogP contribution in [-0.2, 0) is 4.79 Å². The molecule has 3 atom stereocenters. The van der Waals surface area contributed by atoms with Crippen LogP contribution < -0.4 is 5.32 Å². The zero-order valence-electron chi connectivity index (χ0n) is 16.3. The molecule has 1 aromatic rings. The lowest BCUT2D eigenvalue weighted by Crippen LogP contribution is -2.45. The molecule has 0 spiro atoms. The van der Waals surface area contributed by atoms with Crippen molar-refractivity contribution in [2.75, 3.05) is 0 Å². The van der Waals surface area contributed by atoms with Gasteiger partial charge in [0.05, 0.1) is 6.04 Å². The first-order valence-corrected chi connectivity index (χ1v) is 9.88. The summed E-state index contributed by atoms with van der Waals surface area (Å²) in [4.78, 5) is 26.9. The number of aliphatic hydroxyl groups is 1. The third kappa shape index (κ3) is 3.86. The van der Waals surface area contributed by atoms with E-state index in [1.807, 2.05) is 18.7 Å². The summed E-state index contributed by atoms with van der Waals surface area (Å²) < 4.78 is 14.7. The number of hydrogen-bond donors (Lipinski definition) is 2. The molecule has 6 heteroatoms. The summed E-state index contributed by atoms with van der Waals surface area (Å²) in [5.74, 6) is -1.13. The Morgan fingerprint density at radius 1 is 1.22 bits per heavy atom. The Morgan fingerprint density at radius 2 is 1.81 bits per heavy atom. The highest BCUT2D eigenvalue weighted by Crippen LogP contribution is 2.31. The van der Waals surface area contributed by atoms with Crippen LogP contribution in [0.4, 0.5) is 4.39 Å². The first kappa shape index (κ1) is 19.8. The van der Waals surface area contributed by atoms with E-state index in [0.29, 0.717) is 24.0 Å². The van der Waals surface area contributed by atoms with Gasteiger partial charge in [-0.25, -0.2) is 4.39 Å². The highest BCUT2D eigenvalue weighted by atomic mass is 19.1. The van der Waals surface area contributed by atoms with Crippen molar-refractivity contribution >= 4 is 11.8 Å². The topological polar surface area (TPSA) is 69.6 Å². The fraction of sp³-hybridized carbons (Fsp3) is 0.619. The van der Waals surface area contributed by atoms with Crippen molar-refractivity contribution in [1.29, 1.82) is 0 Å². The van der Waals surface area contributed by atoms with E-state index in [9.17, 15) is 19.1 Å². The van der Waals surface area contributed by atoms with Gasteiger partial charge in [-0.15, -0.1) is 0 Å². The van der Waals surface area contributed by atoms with Crippen LogP contribution in [0, 0.1) is 5.82 Å². The van der Waals surface area contributed by atoms with Crippen molar-refractivity contribution in [3.8, 4) is 0 Å². The normalized spacial score (nSPS) is 25.4. The minimum Gasteiger partial charge on any atom is -0.380 e. The average Bonchev–Trinajstić information content (AvgIpc) is 3.20. The average molecular weight is 376 g/mol. The molecule has 2 aliphatic rings. The molecular formula is C21H29FN2O3. The number of nitrogens with one attached hydrogen (secondary N) is 1. The van der Waals surface area contributed by atoms with Crippen LogP contribution in [0.25, 0.3) is 0 Å². The molecule has 0 aromatic heterocycles. The maximum absolute atomic E-state index is 14.7. The molecule has 27 heavy (non-hydrogen) atoms. The van der Waals surface area contributed by atoms with Crippen LogP contribution >= 0.6 is 0 Å². The standard InChI is InChI=1S/C21H29FN2O3/c1-13-6-7-14(2)24(13)19(25)16-8-9-17(18(22)12-16)15(3)23-20(26)21(27)10-4-5-11-21/h8-9,12-15,27H,4-7,10-11H2,1-3H3,(H,23,26)/t13-,14+,15-/m1/s1. The van der Waals surface area contributed by atoms with E-state index in [4.69, 9.17) is 0 Å². The lowest BCUT2D eigenvalue weighted by molar-refractivity contribution is -0.139. The lowest BCUT2D eigenvalue weighted by atomic mass is 9.99. The van der Waals surface area contributed by atoms with Gasteiger partial charge in [0.1, 0.15) is 11.4 Å². The SMILES string of the molecule is C[C@@H]1CC[C@H](C)N1C(=O)c1ccc([C@@H](C)NC(=O)C2(O)CCCC2)c(F)c1. The second kappa shape index (κ2) is 7.58. The number of hydrogen-bond acceptors (Lipinski definition) is 3. The predicted octanol–water partition coefficient (Wildman–Crippen LogP) is 3.32. The van der Waals surface area contributed by atoms with E-state index in [0.717, 1.165) is 25.7 Å². The number of halogens is 1. The molecule has 0 radical (unpaired) electrons. The minimum atomic E-state index is -1.34. The number of benzene rings is 1. The summed E-state index contributed by atoms with van der Waals surface area (Å²) in [6.07, 6.45) is 4.42. The van der Waals surface area contributed by atoms with Gasteiger partial charge in [-0.1, -0.05) is 6.07 Å². The molecule has 0 bridgehead atoms. The molecule has 2 N–H and O–H groups in total. The predicted molar refractivity (Wildman–Crippen MR) is 101 cm³/mol. The Balaban J connectivity index is 1.72. The van der Waals surface area contributed by atoms with Crippen LogP contribution in [0.5, 0.6) is 0 Å². The van der Waals surface area contributed by atoms with Gasteiger partial charge in [0, 0.05) is 23.2 Å². The second-order valence-corrected chi connectivity index (χ2v) is 8.16. The molecule has 3 rings (SSSR count). The summed E-state index contributed by atoms with van der Waals surface area (Å²) in [7, 11) is 0. The van der Waals surface area contributed by atoms with Gasteiger partial charge in [-0.2, -0.15) is 0 Å². The van der Waals surface area contributed by atoms with E-state index < -0.39 is 23.4 Å². The van der Waals surface area contributed by atoms with Gasteiger partial charge in [0.25, 0.3) is 11.8 Å². The van der Waals surface area contributed by atoms with E-state index in [1.54, 1.807) is 19.1 Å². The lowest BCUT2D eigenvalue weighted by Gasteiger charge is -2.27. The van der Waals surface area contributed by atoms with Crippen LogP contribution in [-0.4, -0.2) is 39.5 Å². The van der Waals surface area contributed by atoms with Gasteiger partial charge in [-0.05, 0) is 71.4 Å². The number of carbonyl (C=O) groups excluding carboxylic acids is 2. The molecule has 1 heterocycles. The molecule has 1 saturated heterocycles. The van der Waals surface area contributed by atoms with Gasteiger partial charge in [-0.3, -0.25) is 9.59 Å². The fourth-order valence-electron chi connectivity index (χ4n) is 4.35.